The molecule has 148 valence electrons. The number of aromatic nitrogens is 2. The third-order valence-electron chi connectivity index (χ3n) is 6.31. The van der Waals surface area contributed by atoms with Gasteiger partial charge in [0, 0.05) is 16.5 Å². The van der Waals surface area contributed by atoms with Gasteiger partial charge in [0.15, 0.2) is 5.60 Å². The monoisotopic (exact) mass is 390 g/mol. The van der Waals surface area contributed by atoms with Crippen LogP contribution >= 0.6 is 0 Å². The Morgan fingerprint density at radius 3 is 2.72 bits per heavy atom. The molecule has 1 atom stereocenters. The number of carbonyl (C=O) groups excluding carboxylic acids is 1. The van der Waals surface area contributed by atoms with Crippen LogP contribution in [0, 0.1) is 6.92 Å². The number of pyridine rings is 2. The Morgan fingerprint density at radius 2 is 2.00 bits per heavy atom. The van der Waals surface area contributed by atoms with Crippen LogP contribution in [0.1, 0.15) is 48.1 Å². The highest BCUT2D eigenvalue weighted by molar-refractivity contribution is 5.89. The number of esters is 1. The number of ether oxygens (including phenoxy) is 1. The second-order valence-corrected chi connectivity index (χ2v) is 7.89. The molecule has 5 rings (SSSR count). The van der Waals surface area contributed by atoms with E-state index in [1.807, 2.05) is 12.1 Å². The van der Waals surface area contributed by atoms with Crippen LogP contribution in [-0.2, 0) is 34.7 Å². The van der Waals surface area contributed by atoms with Crippen molar-refractivity contribution in [3.63, 3.8) is 0 Å². The first-order valence-corrected chi connectivity index (χ1v) is 9.98. The van der Waals surface area contributed by atoms with Crippen LogP contribution in [0.3, 0.4) is 0 Å². The number of hydrogen-bond donors (Lipinski definition) is 1. The van der Waals surface area contributed by atoms with Gasteiger partial charge in [-0.15, -0.1) is 0 Å². The summed E-state index contributed by atoms with van der Waals surface area (Å²) in [5.41, 5.74) is 4.37. The van der Waals surface area contributed by atoms with Crippen LogP contribution in [0.4, 0.5) is 0 Å². The Kier molecular flexibility index (Phi) is 3.74. The zero-order chi connectivity index (χ0) is 20.5. The Hall–Kier alpha value is -2.99. The van der Waals surface area contributed by atoms with Gasteiger partial charge < -0.3 is 14.4 Å². The number of rotatable bonds is 2. The molecule has 2 aromatic heterocycles. The van der Waals surface area contributed by atoms with E-state index in [0.29, 0.717) is 23.4 Å². The summed E-state index contributed by atoms with van der Waals surface area (Å²) >= 11 is 0. The topological polar surface area (TPSA) is 81.4 Å². The summed E-state index contributed by atoms with van der Waals surface area (Å²) in [6.07, 6.45) is 0.965. The zero-order valence-electron chi connectivity index (χ0n) is 16.7. The zero-order valence-corrected chi connectivity index (χ0v) is 16.7. The number of carbonyl (C=O) groups is 1. The fraction of sp³-hybridized carbons (Fsp3) is 0.348. The standard InChI is InChI=1S/C23H22N2O4/c1-4-13-14-8-12(3)6-7-18(14)24-20-15(13)10-25-19(20)9-17-16(21(25)26)11-29-22(27)23(17,28)5-2/h6-9,28H,4-5,10-11H2,1-3H3. The van der Waals surface area contributed by atoms with E-state index < -0.39 is 11.6 Å². The first-order chi connectivity index (χ1) is 13.9. The van der Waals surface area contributed by atoms with Gasteiger partial charge in [0.05, 0.1) is 29.0 Å². The third-order valence-corrected chi connectivity index (χ3v) is 6.31. The summed E-state index contributed by atoms with van der Waals surface area (Å²) in [7, 11) is 0. The predicted octanol–water partition coefficient (Wildman–Crippen LogP) is 2.95. The molecule has 2 aliphatic heterocycles. The average Bonchev–Trinajstić information content (AvgIpc) is 3.08. The van der Waals surface area contributed by atoms with E-state index >= 15 is 0 Å². The summed E-state index contributed by atoms with van der Waals surface area (Å²) in [5, 5.41) is 12.1. The van der Waals surface area contributed by atoms with Gasteiger partial charge >= 0.3 is 5.97 Å². The molecule has 0 bridgehead atoms. The molecule has 0 saturated heterocycles. The van der Waals surface area contributed by atoms with Crippen molar-refractivity contribution in [2.24, 2.45) is 0 Å². The Bertz CT molecular complexity index is 1270. The van der Waals surface area contributed by atoms with Crippen LogP contribution in [-0.4, -0.2) is 20.6 Å². The highest BCUT2D eigenvalue weighted by atomic mass is 16.6. The maximum Gasteiger partial charge on any atom is 0.343 e. The minimum Gasteiger partial charge on any atom is -0.458 e. The van der Waals surface area contributed by atoms with E-state index in [0.717, 1.165) is 28.6 Å². The van der Waals surface area contributed by atoms with Crippen molar-refractivity contribution in [2.75, 3.05) is 0 Å². The molecule has 0 radical (unpaired) electrons. The quantitative estimate of drug-likeness (QED) is 0.532. The van der Waals surface area contributed by atoms with Gasteiger partial charge in [0.2, 0.25) is 0 Å². The fourth-order valence-corrected chi connectivity index (χ4v) is 4.68. The van der Waals surface area contributed by atoms with Crippen LogP contribution in [0.5, 0.6) is 0 Å². The van der Waals surface area contributed by atoms with Crippen LogP contribution < -0.4 is 5.56 Å². The molecule has 0 amide bonds. The van der Waals surface area contributed by atoms with Crippen molar-refractivity contribution in [1.82, 2.24) is 9.55 Å². The number of aliphatic hydroxyl groups is 1. The number of benzene rings is 1. The van der Waals surface area contributed by atoms with Crippen molar-refractivity contribution in [3.05, 3.63) is 62.4 Å². The molecule has 4 heterocycles. The summed E-state index contributed by atoms with van der Waals surface area (Å²) < 4.78 is 6.82. The molecule has 0 saturated carbocycles. The smallest absolute Gasteiger partial charge is 0.343 e. The highest BCUT2D eigenvalue weighted by Crippen LogP contribution is 2.40. The minimum atomic E-state index is -1.80. The summed E-state index contributed by atoms with van der Waals surface area (Å²) in [6.45, 7) is 6.20. The molecule has 0 fully saturated rings. The molecular weight excluding hydrogens is 368 g/mol. The molecule has 1 unspecified atom stereocenters. The lowest BCUT2D eigenvalue weighted by atomic mass is 9.86. The van der Waals surface area contributed by atoms with Gasteiger partial charge in [0.1, 0.15) is 6.61 Å². The van der Waals surface area contributed by atoms with Gasteiger partial charge in [0.25, 0.3) is 5.56 Å². The molecule has 0 spiro atoms. The van der Waals surface area contributed by atoms with E-state index in [4.69, 9.17) is 9.72 Å². The van der Waals surface area contributed by atoms with E-state index in [2.05, 4.69) is 19.9 Å². The van der Waals surface area contributed by atoms with Gasteiger partial charge in [-0.2, -0.15) is 0 Å². The van der Waals surface area contributed by atoms with Gasteiger partial charge in [-0.1, -0.05) is 25.5 Å². The highest BCUT2D eigenvalue weighted by Gasteiger charge is 2.45. The normalized spacial score (nSPS) is 19.7. The largest absolute Gasteiger partial charge is 0.458 e. The number of fused-ring (bicyclic) bond motifs is 5. The molecular formula is C23H22N2O4. The molecule has 1 aromatic carbocycles. The van der Waals surface area contributed by atoms with E-state index in [1.54, 1.807) is 17.6 Å². The lowest BCUT2D eigenvalue weighted by Crippen LogP contribution is -2.44. The van der Waals surface area contributed by atoms with Crippen molar-refractivity contribution >= 4 is 16.9 Å². The minimum absolute atomic E-state index is 0.110. The predicted molar refractivity (Wildman–Crippen MR) is 109 cm³/mol. The maximum absolute atomic E-state index is 13.3. The number of aryl methyl sites for hydroxylation is 2. The Balaban J connectivity index is 1.84. The van der Waals surface area contributed by atoms with E-state index in [1.165, 1.54) is 11.1 Å². The molecule has 6 nitrogen and oxygen atoms in total. The van der Waals surface area contributed by atoms with Gasteiger partial charge in [-0.05, 0) is 43.5 Å². The van der Waals surface area contributed by atoms with E-state index in [-0.39, 0.29) is 18.6 Å². The molecule has 29 heavy (non-hydrogen) atoms. The van der Waals surface area contributed by atoms with Crippen molar-refractivity contribution in [1.29, 1.82) is 0 Å². The molecule has 2 aliphatic rings. The number of cyclic esters (lactones) is 1. The lowest BCUT2D eigenvalue weighted by molar-refractivity contribution is -0.172. The summed E-state index contributed by atoms with van der Waals surface area (Å²) in [4.78, 5) is 30.4. The van der Waals surface area contributed by atoms with Crippen LogP contribution in [0.2, 0.25) is 0 Å². The third kappa shape index (κ3) is 2.29. The second-order valence-electron chi connectivity index (χ2n) is 7.89. The van der Waals surface area contributed by atoms with Crippen molar-refractivity contribution in [2.45, 2.75) is 52.4 Å². The Morgan fingerprint density at radius 1 is 1.21 bits per heavy atom. The first-order valence-electron chi connectivity index (χ1n) is 9.98. The first kappa shape index (κ1) is 18.1. The van der Waals surface area contributed by atoms with Crippen LogP contribution in [0.15, 0.2) is 29.1 Å². The van der Waals surface area contributed by atoms with Gasteiger partial charge in [-0.25, -0.2) is 9.78 Å². The lowest BCUT2D eigenvalue weighted by Gasteiger charge is -2.31. The number of hydrogen-bond acceptors (Lipinski definition) is 5. The number of nitrogens with zero attached hydrogens (tertiary/aromatic N) is 2. The Labute approximate surface area is 167 Å². The van der Waals surface area contributed by atoms with Gasteiger partial charge in [-0.3, -0.25) is 4.79 Å². The van der Waals surface area contributed by atoms with Crippen molar-refractivity contribution < 1.29 is 14.6 Å². The second kappa shape index (κ2) is 6.00. The van der Waals surface area contributed by atoms with E-state index in [9.17, 15) is 14.7 Å². The summed E-state index contributed by atoms with van der Waals surface area (Å²) in [6, 6.07) is 7.93. The fourth-order valence-electron chi connectivity index (χ4n) is 4.68. The molecule has 3 aromatic rings. The molecule has 6 heteroatoms. The van der Waals surface area contributed by atoms with Crippen molar-refractivity contribution in [3.8, 4) is 11.4 Å². The molecule has 1 N–H and O–H groups in total. The van der Waals surface area contributed by atoms with Crippen LogP contribution in [0.25, 0.3) is 22.3 Å². The molecule has 0 aliphatic carbocycles. The maximum atomic E-state index is 13.3. The SMILES string of the molecule is CCc1c2c(nc3ccc(C)cc13)-c1cc3c(c(=O)n1C2)COC(=O)C3(O)CC. The summed E-state index contributed by atoms with van der Waals surface area (Å²) in [5.74, 6) is -0.703. The average molecular weight is 390 g/mol.